The van der Waals surface area contributed by atoms with E-state index in [1.165, 1.54) is 0 Å². The number of ether oxygens (including phenoxy) is 1. The molecule has 0 radical (unpaired) electrons. The third kappa shape index (κ3) is 5.11. The number of hydrogen-bond acceptors (Lipinski definition) is 2. The van der Waals surface area contributed by atoms with Gasteiger partial charge in [0.2, 0.25) is 0 Å². The van der Waals surface area contributed by atoms with E-state index < -0.39 is 12.6 Å². The van der Waals surface area contributed by atoms with Gasteiger partial charge in [-0.05, 0) is 38.4 Å². The third-order valence-corrected chi connectivity index (χ3v) is 3.07. The summed E-state index contributed by atoms with van der Waals surface area (Å²) >= 11 is 0. The van der Waals surface area contributed by atoms with Crippen LogP contribution < -0.4 is 10.1 Å². The molecule has 1 N–H and O–H groups in total. The minimum Gasteiger partial charge on any atom is -0.496 e. The first-order valence-electron chi connectivity index (χ1n) is 6.26. The van der Waals surface area contributed by atoms with E-state index in [0.29, 0.717) is 12.2 Å². The number of alkyl halides is 3. The van der Waals surface area contributed by atoms with Gasteiger partial charge in [0.1, 0.15) is 5.75 Å². The lowest BCUT2D eigenvalue weighted by Gasteiger charge is -2.20. The Morgan fingerprint density at radius 1 is 1.32 bits per heavy atom. The van der Waals surface area contributed by atoms with Gasteiger partial charge in [0.15, 0.2) is 0 Å². The lowest BCUT2D eigenvalue weighted by atomic mass is 9.99. The average Bonchev–Trinajstić information content (AvgIpc) is 2.34. The maximum atomic E-state index is 12.2. The van der Waals surface area contributed by atoms with Gasteiger partial charge in [-0.1, -0.05) is 12.1 Å². The quantitative estimate of drug-likeness (QED) is 0.847. The van der Waals surface area contributed by atoms with Gasteiger partial charge in [-0.2, -0.15) is 13.2 Å². The number of rotatable bonds is 6. The summed E-state index contributed by atoms with van der Waals surface area (Å²) in [6, 6.07) is 5.61. The van der Waals surface area contributed by atoms with E-state index in [-0.39, 0.29) is 12.5 Å². The van der Waals surface area contributed by atoms with Gasteiger partial charge in [0.25, 0.3) is 0 Å². The molecule has 0 aliphatic heterocycles. The summed E-state index contributed by atoms with van der Waals surface area (Å²) in [5, 5.41) is 3.05. The highest BCUT2D eigenvalue weighted by Gasteiger charge is 2.27. The molecule has 0 saturated carbocycles. The SMILES string of the molecule is CNC(CCCC(F)(F)F)c1ccc(C)cc1OC. The van der Waals surface area contributed by atoms with Crippen LogP contribution in [-0.2, 0) is 0 Å². The summed E-state index contributed by atoms with van der Waals surface area (Å²) in [4.78, 5) is 0. The second-order valence-corrected chi connectivity index (χ2v) is 4.59. The summed E-state index contributed by atoms with van der Waals surface area (Å²) < 4.78 is 41.8. The molecule has 5 heteroatoms. The number of hydrogen-bond donors (Lipinski definition) is 1. The van der Waals surface area contributed by atoms with Gasteiger partial charge in [-0.25, -0.2) is 0 Å². The van der Waals surface area contributed by atoms with Crippen LogP contribution in [0.5, 0.6) is 5.75 Å². The summed E-state index contributed by atoms with van der Waals surface area (Å²) in [7, 11) is 3.32. The smallest absolute Gasteiger partial charge is 0.389 e. The highest BCUT2D eigenvalue weighted by Crippen LogP contribution is 2.31. The van der Waals surface area contributed by atoms with E-state index >= 15 is 0 Å². The van der Waals surface area contributed by atoms with E-state index in [1.807, 2.05) is 25.1 Å². The minimum atomic E-state index is -4.09. The number of aryl methyl sites for hydroxylation is 1. The van der Waals surface area contributed by atoms with Crippen molar-refractivity contribution in [2.24, 2.45) is 0 Å². The monoisotopic (exact) mass is 275 g/mol. The average molecular weight is 275 g/mol. The van der Waals surface area contributed by atoms with Gasteiger partial charge < -0.3 is 10.1 Å². The van der Waals surface area contributed by atoms with Crippen LogP contribution >= 0.6 is 0 Å². The van der Waals surface area contributed by atoms with Crippen LogP contribution in [0.2, 0.25) is 0 Å². The van der Waals surface area contributed by atoms with Gasteiger partial charge in [0, 0.05) is 18.0 Å². The first kappa shape index (κ1) is 15.8. The summed E-state index contributed by atoms with van der Waals surface area (Å²) in [5.41, 5.74) is 1.96. The van der Waals surface area contributed by atoms with Crippen molar-refractivity contribution in [2.45, 2.75) is 38.4 Å². The Kier molecular flexibility index (Phi) is 5.66. The van der Waals surface area contributed by atoms with Crippen molar-refractivity contribution >= 4 is 0 Å². The molecule has 0 bridgehead atoms. The van der Waals surface area contributed by atoms with Crippen LogP contribution in [0.25, 0.3) is 0 Å². The lowest BCUT2D eigenvalue weighted by molar-refractivity contribution is -0.135. The molecule has 1 atom stereocenters. The molecule has 2 nitrogen and oxygen atoms in total. The standard InChI is InChI=1S/C14H20F3NO/c1-10-6-7-11(13(9-10)19-3)12(18-2)5-4-8-14(15,16)17/h6-7,9,12,18H,4-5,8H2,1-3H3. The van der Waals surface area contributed by atoms with Gasteiger partial charge in [-0.15, -0.1) is 0 Å². The highest BCUT2D eigenvalue weighted by atomic mass is 19.4. The summed E-state index contributed by atoms with van der Waals surface area (Å²) in [6.45, 7) is 1.95. The Morgan fingerprint density at radius 2 is 2.00 bits per heavy atom. The highest BCUT2D eigenvalue weighted by molar-refractivity contribution is 5.39. The first-order valence-corrected chi connectivity index (χ1v) is 6.26. The largest absolute Gasteiger partial charge is 0.496 e. The zero-order chi connectivity index (χ0) is 14.5. The van der Waals surface area contributed by atoms with Crippen molar-refractivity contribution in [3.05, 3.63) is 29.3 Å². The van der Waals surface area contributed by atoms with Gasteiger partial charge in [-0.3, -0.25) is 0 Å². The predicted octanol–water partition coefficient (Wildman–Crippen LogP) is 4.00. The number of benzene rings is 1. The Labute approximate surface area is 112 Å². The first-order chi connectivity index (χ1) is 8.87. The van der Waals surface area contributed by atoms with E-state index in [0.717, 1.165) is 11.1 Å². The summed E-state index contributed by atoms with van der Waals surface area (Å²) in [6.07, 6.45) is -4.31. The van der Waals surface area contributed by atoms with Crippen LogP contribution in [-0.4, -0.2) is 20.3 Å². The molecule has 1 unspecified atom stereocenters. The van der Waals surface area contributed by atoms with Crippen LogP contribution in [0.15, 0.2) is 18.2 Å². The van der Waals surface area contributed by atoms with E-state index in [4.69, 9.17) is 4.74 Å². The Morgan fingerprint density at radius 3 is 2.53 bits per heavy atom. The summed E-state index contributed by atoms with van der Waals surface area (Å²) in [5.74, 6) is 0.714. The third-order valence-electron chi connectivity index (χ3n) is 3.07. The van der Waals surface area contributed by atoms with E-state index in [9.17, 15) is 13.2 Å². The molecule has 0 fully saturated rings. The molecule has 19 heavy (non-hydrogen) atoms. The Bertz CT molecular complexity index is 404. The van der Waals surface area contributed by atoms with Crippen molar-refractivity contribution in [3.8, 4) is 5.75 Å². The molecule has 0 heterocycles. The van der Waals surface area contributed by atoms with Crippen molar-refractivity contribution < 1.29 is 17.9 Å². The van der Waals surface area contributed by atoms with Crippen molar-refractivity contribution in [2.75, 3.05) is 14.2 Å². The van der Waals surface area contributed by atoms with Crippen LogP contribution in [0.4, 0.5) is 13.2 Å². The molecule has 0 amide bonds. The zero-order valence-electron chi connectivity index (χ0n) is 11.5. The molecule has 0 aromatic heterocycles. The fraction of sp³-hybridized carbons (Fsp3) is 0.571. The number of methoxy groups -OCH3 is 1. The lowest BCUT2D eigenvalue weighted by Crippen LogP contribution is -2.18. The molecule has 1 aromatic carbocycles. The Balaban J connectivity index is 2.74. The van der Waals surface area contributed by atoms with Gasteiger partial charge in [0.05, 0.1) is 7.11 Å². The molecule has 1 aromatic rings. The van der Waals surface area contributed by atoms with Crippen molar-refractivity contribution in [1.82, 2.24) is 5.32 Å². The molecule has 108 valence electrons. The molecule has 0 spiro atoms. The molecular formula is C14H20F3NO. The molecule has 0 aliphatic carbocycles. The second-order valence-electron chi connectivity index (χ2n) is 4.59. The van der Waals surface area contributed by atoms with Gasteiger partial charge >= 0.3 is 6.18 Å². The Hall–Kier alpha value is -1.23. The fourth-order valence-corrected chi connectivity index (χ4v) is 2.07. The van der Waals surface area contributed by atoms with Crippen LogP contribution in [0, 0.1) is 6.92 Å². The zero-order valence-corrected chi connectivity index (χ0v) is 11.5. The maximum Gasteiger partial charge on any atom is 0.389 e. The fourth-order valence-electron chi connectivity index (χ4n) is 2.07. The maximum absolute atomic E-state index is 12.2. The number of halogens is 3. The van der Waals surface area contributed by atoms with E-state index in [1.54, 1.807) is 14.2 Å². The topological polar surface area (TPSA) is 21.3 Å². The second kappa shape index (κ2) is 6.80. The molecule has 1 rings (SSSR count). The normalized spacial score (nSPS) is 13.4. The predicted molar refractivity (Wildman–Crippen MR) is 69.4 cm³/mol. The van der Waals surface area contributed by atoms with Crippen LogP contribution in [0.3, 0.4) is 0 Å². The minimum absolute atomic E-state index is 0.103. The number of nitrogens with one attached hydrogen (secondary N) is 1. The van der Waals surface area contributed by atoms with Crippen molar-refractivity contribution in [1.29, 1.82) is 0 Å². The molecule has 0 saturated heterocycles. The van der Waals surface area contributed by atoms with Crippen LogP contribution in [0.1, 0.15) is 36.4 Å². The molecule has 0 aliphatic rings. The van der Waals surface area contributed by atoms with E-state index in [2.05, 4.69) is 5.32 Å². The molecular weight excluding hydrogens is 255 g/mol. The van der Waals surface area contributed by atoms with Crippen molar-refractivity contribution in [3.63, 3.8) is 0 Å².